The maximum absolute atomic E-state index is 15.1. The predicted octanol–water partition coefficient (Wildman–Crippen LogP) is 5.44. The highest BCUT2D eigenvalue weighted by molar-refractivity contribution is 7.87. The van der Waals surface area contributed by atoms with Gasteiger partial charge >= 0.3 is 10.2 Å². The van der Waals surface area contributed by atoms with Crippen LogP contribution in [0.3, 0.4) is 0 Å². The van der Waals surface area contributed by atoms with Crippen molar-refractivity contribution in [2.75, 3.05) is 20.2 Å². The van der Waals surface area contributed by atoms with Crippen molar-refractivity contribution >= 4 is 32.9 Å². The van der Waals surface area contributed by atoms with Crippen LogP contribution in [0.15, 0.2) is 36.4 Å². The fourth-order valence-electron chi connectivity index (χ4n) is 10.2. The van der Waals surface area contributed by atoms with Gasteiger partial charge in [0.05, 0.1) is 23.8 Å². The third-order valence-corrected chi connectivity index (χ3v) is 14.3. The molecule has 6 aliphatic rings. The van der Waals surface area contributed by atoms with E-state index in [1.165, 1.54) is 16.3 Å². The van der Waals surface area contributed by atoms with Gasteiger partial charge in [0.2, 0.25) is 5.91 Å². The minimum atomic E-state index is -3.91. The molecule has 10 nitrogen and oxygen atoms in total. The molecule has 3 aromatic rings. The molecule has 2 aliphatic carbocycles. The molecule has 4 aliphatic heterocycles. The van der Waals surface area contributed by atoms with Gasteiger partial charge in [-0.15, -0.1) is 0 Å². The van der Waals surface area contributed by atoms with Crippen molar-refractivity contribution in [1.29, 1.82) is 0 Å². The molecule has 0 spiro atoms. The average Bonchev–Trinajstić information content (AvgIpc) is 3.62. The number of aliphatic hydroxyl groups is 1. The Labute approximate surface area is 288 Å². The van der Waals surface area contributed by atoms with E-state index in [4.69, 9.17) is 4.74 Å². The van der Waals surface area contributed by atoms with Crippen LogP contribution >= 0.6 is 0 Å². The quantitative estimate of drug-likeness (QED) is 0.357. The molecule has 2 bridgehead atoms. The van der Waals surface area contributed by atoms with E-state index in [1.54, 1.807) is 13.2 Å². The van der Waals surface area contributed by atoms with Crippen LogP contribution in [-0.2, 0) is 21.5 Å². The number of carbonyl (C=O) groups is 2. The van der Waals surface area contributed by atoms with Crippen molar-refractivity contribution in [2.24, 2.45) is 5.41 Å². The van der Waals surface area contributed by atoms with Crippen molar-refractivity contribution in [2.45, 2.75) is 114 Å². The van der Waals surface area contributed by atoms with E-state index in [1.807, 2.05) is 25.1 Å². The summed E-state index contributed by atoms with van der Waals surface area (Å²) in [5.74, 6) is 0.670. The fraction of sp³-hybridized carbons (Fsp3) is 0.579. The van der Waals surface area contributed by atoms with Crippen LogP contribution in [0.1, 0.15) is 111 Å². The van der Waals surface area contributed by atoms with Gasteiger partial charge < -0.3 is 19.3 Å². The highest BCUT2D eigenvalue weighted by Crippen LogP contribution is 2.67. The molecule has 49 heavy (non-hydrogen) atoms. The van der Waals surface area contributed by atoms with Crippen LogP contribution in [0, 0.1) is 5.41 Å². The number of methoxy groups -OCH3 is 1. The van der Waals surface area contributed by atoms with Gasteiger partial charge in [-0.05, 0) is 106 Å². The minimum Gasteiger partial charge on any atom is -0.497 e. The number of hydrogen-bond acceptors (Lipinski definition) is 6. The molecule has 5 fully saturated rings. The lowest BCUT2D eigenvalue weighted by Crippen LogP contribution is -2.54. The van der Waals surface area contributed by atoms with Gasteiger partial charge in [-0.25, -0.2) is 4.72 Å². The number of benzene rings is 2. The topological polar surface area (TPSA) is 121 Å². The molecule has 2 aromatic carbocycles. The molecule has 4 atom stereocenters. The van der Waals surface area contributed by atoms with Crippen molar-refractivity contribution in [3.63, 3.8) is 0 Å². The molecule has 2 amide bonds. The Bertz CT molecular complexity index is 1980. The first kappa shape index (κ1) is 31.6. The van der Waals surface area contributed by atoms with Gasteiger partial charge in [-0.3, -0.25) is 9.59 Å². The number of piperidine rings is 1. The van der Waals surface area contributed by atoms with Crippen molar-refractivity contribution in [1.82, 2.24) is 18.5 Å². The summed E-state index contributed by atoms with van der Waals surface area (Å²) in [5, 5.41) is 12.1. The molecule has 0 radical (unpaired) electrons. The standard InChI is InChI=1S/C38H46N4O6S/c1-37(45)19-25-10-11-26(20-37)42(25)36(44)38-21-31(38)30-18-27(48-2)12-14-28(30)34-33(23-7-4-3-5-8-23)29-13-9-24(17-32(29)41(34)22-38)35(43)39-49(46,47)40-15-6-16-40/h9,12-14,17-18,23,25-26,31,45H,3-8,10-11,15-16,19-22H2,1-2H3,(H,39,43). The molecular formula is C38H46N4O6S. The average molecular weight is 687 g/mol. The van der Waals surface area contributed by atoms with Crippen LogP contribution in [0.25, 0.3) is 22.2 Å². The summed E-state index contributed by atoms with van der Waals surface area (Å²) in [6.45, 7) is 3.21. The van der Waals surface area contributed by atoms with Gasteiger partial charge in [0, 0.05) is 59.7 Å². The Hall–Kier alpha value is -3.41. The maximum Gasteiger partial charge on any atom is 0.304 e. The van der Waals surface area contributed by atoms with E-state index in [0.29, 0.717) is 38.4 Å². The predicted molar refractivity (Wildman–Crippen MR) is 186 cm³/mol. The molecular weight excluding hydrogens is 641 g/mol. The summed E-state index contributed by atoms with van der Waals surface area (Å²) in [7, 11) is -2.23. The Balaban J connectivity index is 1.21. The lowest BCUT2D eigenvalue weighted by molar-refractivity contribution is -0.147. The number of nitrogens with one attached hydrogen (secondary N) is 1. The minimum absolute atomic E-state index is 0.0224. The third kappa shape index (κ3) is 4.89. The number of rotatable bonds is 6. The Kier molecular flexibility index (Phi) is 7.11. The Morgan fingerprint density at radius 1 is 0.939 bits per heavy atom. The lowest BCUT2D eigenvalue weighted by Gasteiger charge is -2.43. The number of hydrogen-bond donors (Lipinski definition) is 2. The third-order valence-electron chi connectivity index (χ3n) is 12.8. The van der Waals surface area contributed by atoms with Crippen molar-refractivity contribution in [3.05, 3.63) is 53.1 Å². The van der Waals surface area contributed by atoms with Crippen LogP contribution in [0.2, 0.25) is 0 Å². The van der Waals surface area contributed by atoms with Gasteiger partial charge in [-0.1, -0.05) is 25.3 Å². The summed E-state index contributed by atoms with van der Waals surface area (Å²) in [6.07, 6.45) is 10.3. The normalized spacial score (nSPS) is 30.9. The van der Waals surface area contributed by atoms with Gasteiger partial charge in [-0.2, -0.15) is 12.7 Å². The monoisotopic (exact) mass is 686 g/mol. The number of nitrogens with zero attached hydrogens (tertiary/aromatic N) is 3. The highest BCUT2D eigenvalue weighted by atomic mass is 32.2. The second kappa shape index (κ2) is 11.0. The second-order valence-electron chi connectivity index (χ2n) is 16.0. The summed E-state index contributed by atoms with van der Waals surface area (Å²) < 4.78 is 37.4. The lowest BCUT2D eigenvalue weighted by atomic mass is 9.81. The smallest absolute Gasteiger partial charge is 0.304 e. The molecule has 2 saturated carbocycles. The zero-order chi connectivity index (χ0) is 33.9. The summed E-state index contributed by atoms with van der Waals surface area (Å²) in [6, 6.07) is 12.0. The molecule has 9 rings (SSSR count). The fourth-order valence-corrected chi connectivity index (χ4v) is 11.5. The first-order valence-corrected chi connectivity index (χ1v) is 19.7. The van der Waals surface area contributed by atoms with Crippen LogP contribution in [0.4, 0.5) is 0 Å². The Morgan fingerprint density at radius 2 is 1.67 bits per heavy atom. The summed E-state index contributed by atoms with van der Waals surface area (Å²) in [5.41, 5.74) is 4.39. The SMILES string of the molecule is COc1ccc2c(c1)C1CC1(C(=O)N1C3CCC1CC(C)(O)C3)Cn1c-2c(C2CCCCC2)c2ccc(C(=O)NS(=O)(=O)N3CCC3)cc21. The van der Waals surface area contributed by atoms with E-state index >= 15 is 4.79 Å². The van der Waals surface area contributed by atoms with Gasteiger partial charge in [0.25, 0.3) is 5.91 Å². The molecule has 2 N–H and O–H groups in total. The number of amides is 2. The van der Waals surface area contributed by atoms with Crippen molar-refractivity contribution in [3.8, 4) is 17.0 Å². The maximum atomic E-state index is 15.1. The number of carbonyl (C=O) groups excluding carboxylic acids is 2. The Morgan fingerprint density at radius 3 is 2.35 bits per heavy atom. The summed E-state index contributed by atoms with van der Waals surface area (Å²) >= 11 is 0. The van der Waals surface area contributed by atoms with Gasteiger partial charge in [0.1, 0.15) is 5.75 Å². The zero-order valence-electron chi connectivity index (χ0n) is 28.4. The van der Waals surface area contributed by atoms with E-state index in [0.717, 1.165) is 84.8 Å². The number of fused-ring (bicyclic) bond motifs is 9. The number of ether oxygens (including phenoxy) is 1. The first-order chi connectivity index (χ1) is 23.5. The zero-order valence-corrected chi connectivity index (χ0v) is 29.2. The second-order valence-corrected chi connectivity index (χ2v) is 17.6. The number of aromatic nitrogens is 1. The molecule has 5 heterocycles. The van der Waals surface area contributed by atoms with E-state index in [-0.39, 0.29) is 29.5 Å². The van der Waals surface area contributed by atoms with Crippen molar-refractivity contribution < 1.29 is 27.9 Å². The highest BCUT2D eigenvalue weighted by Gasteiger charge is 2.66. The first-order valence-electron chi connectivity index (χ1n) is 18.2. The van der Waals surface area contributed by atoms with E-state index < -0.39 is 27.1 Å². The van der Waals surface area contributed by atoms with Crippen LogP contribution < -0.4 is 9.46 Å². The van der Waals surface area contributed by atoms with E-state index in [9.17, 15) is 18.3 Å². The van der Waals surface area contributed by atoms with Gasteiger partial charge in [0.15, 0.2) is 0 Å². The summed E-state index contributed by atoms with van der Waals surface area (Å²) in [4.78, 5) is 30.7. The van der Waals surface area contributed by atoms with Crippen LogP contribution in [0.5, 0.6) is 5.75 Å². The molecule has 11 heteroatoms. The molecule has 3 saturated heterocycles. The largest absolute Gasteiger partial charge is 0.497 e. The molecule has 1 aromatic heterocycles. The molecule has 4 unspecified atom stereocenters. The van der Waals surface area contributed by atoms with E-state index in [2.05, 4.69) is 26.3 Å². The molecule has 260 valence electrons. The van der Waals surface area contributed by atoms with Crippen LogP contribution in [-0.4, -0.2) is 77.0 Å².